The number of methoxy groups -OCH3 is 1. The van der Waals surface area contributed by atoms with Gasteiger partial charge in [0.2, 0.25) is 11.8 Å². The Balaban J connectivity index is 1.93. The Kier molecular flexibility index (Phi) is 10.6. The number of benzene rings is 2. The zero-order valence-corrected chi connectivity index (χ0v) is 22.5. The molecule has 3 rings (SSSR count). The monoisotopic (exact) mass is 558 g/mol. The quantitative estimate of drug-likeness (QED) is 0.148. The summed E-state index contributed by atoms with van der Waals surface area (Å²) in [5.41, 5.74) is 3.46. The van der Waals surface area contributed by atoms with Crippen molar-refractivity contribution in [1.82, 2.24) is 20.1 Å². The van der Waals surface area contributed by atoms with E-state index in [1.807, 2.05) is 6.07 Å². The molecule has 3 unspecified atom stereocenters. The maximum Gasteiger partial charge on any atom is 0.439 e. The first-order chi connectivity index (χ1) is 18.8. The van der Waals surface area contributed by atoms with Crippen molar-refractivity contribution in [3.8, 4) is 0 Å². The highest BCUT2D eigenvalue weighted by molar-refractivity contribution is 7.98. The second kappa shape index (κ2) is 14.0. The summed E-state index contributed by atoms with van der Waals surface area (Å²) in [7, 11) is 1.19. The number of ether oxygens (including phenoxy) is 3. The van der Waals surface area contributed by atoms with Crippen molar-refractivity contribution in [1.29, 1.82) is 0 Å². The highest BCUT2D eigenvalue weighted by Gasteiger charge is 2.55. The molecule has 12 nitrogen and oxygen atoms in total. The van der Waals surface area contributed by atoms with Crippen LogP contribution in [0.5, 0.6) is 0 Å². The average Bonchev–Trinajstić information content (AvgIpc) is 2.94. The van der Waals surface area contributed by atoms with E-state index in [0.29, 0.717) is 17.5 Å². The van der Waals surface area contributed by atoms with Crippen molar-refractivity contribution in [3.63, 3.8) is 0 Å². The van der Waals surface area contributed by atoms with Crippen LogP contribution in [0.1, 0.15) is 31.0 Å². The van der Waals surface area contributed by atoms with E-state index in [2.05, 4.69) is 10.7 Å². The molecule has 1 aliphatic heterocycles. The van der Waals surface area contributed by atoms with Gasteiger partial charge in [-0.2, -0.15) is 4.41 Å². The Morgan fingerprint density at radius 3 is 2.18 bits per heavy atom. The molecule has 1 heterocycles. The summed E-state index contributed by atoms with van der Waals surface area (Å²) >= 11 is 0.682. The number of nitrogens with one attached hydrogen (secondary N) is 2. The molecule has 0 spiro atoms. The van der Waals surface area contributed by atoms with E-state index >= 15 is 0 Å². The summed E-state index contributed by atoms with van der Waals surface area (Å²) < 4.78 is 15.7. The largest absolute Gasteiger partial charge is 0.467 e. The highest BCUT2D eigenvalue weighted by Crippen LogP contribution is 2.39. The van der Waals surface area contributed by atoms with Crippen molar-refractivity contribution in [3.05, 3.63) is 71.8 Å². The minimum atomic E-state index is -1.19. The molecular weight excluding hydrogens is 528 g/mol. The lowest BCUT2D eigenvalue weighted by Crippen LogP contribution is -2.71. The standard InChI is InChI=1S/C26H30N4O8S/c1-4-37-25(34)28-30(26(35)38-5-2)39-23-20(27-19(31)16-17-12-8-6-9-13-17)22(32)29(23)21(24(33)36-3)18-14-10-7-11-15-18/h6-15,20-21,23H,4-5,16H2,1-3H3,(H,27,31)(H,28,34). The van der Waals surface area contributed by atoms with Crippen molar-refractivity contribution in [2.75, 3.05) is 20.3 Å². The van der Waals surface area contributed by atoms with Gasteiger partial charge >= 0.3 is 18.2 Å². The van der Waals surface area contributed by atoms with Crippen LogP contribution in [0.25, 0.3) is 0 Å². The van der Waals surface area contributed by atoms with Crippen molar-refractivity contribution < 1.29 is 38.2 Å². The second-order valence-corrected chi connectivity index (χ2v) is 9.17. The number of β-lactam (4-membered cyclic amide) rings is 1. The average molecular weight is 559 g/mol. The molecule has 39 heavy (non-hydrogen) atoms. The number of carbonyl (C=O) groups excluding carboxylic acids is 5. The van der Waals surface area contributed by atoms with E-state index in [9.17, 15) is 24.0 Å². The highest BCUT2D eigenvalue weighted by atomic mass is 32.2. The normalized spacial score (nSPS) is 16.8. The van der Waals surface area contributed by atoms with Gasteiger partial charge in [-0.3, -0.25) is 9.59 Å². The van der Waals surface area contributed by atoms with Gasteiger partial charge in [0.15, 0.2) is 6.04 Å². The third kappa shape index (κ3) is 7.41. The van der Waals surface area contributed by atoms with Crippen LogP contribution < -0.4 is 10.7 Å². The minimum Gasteiger partial charge on any atom is -0.467 e. The van der Waals surface area contributed by atoms with Crippen LogP contribution in [0.15, 0.2) is 60.7 Å². The second-order valence-electron chi connectivity index (χ2n) is 8.11. The lowest BCUT2D eigenvalue weighted by Gasteiger charge is -2.49. The fourth-order valence-electron chi connectivity index (χ4n) is 3.82. The molecule has 13 heteroatoms. The molecule has 0 aliphatic carbocycles. The van der Waals surface area contributed by atoms with Gasteiger partial charge in [-0.1, -0.05) is 60.7 Å². The number of likely N-dealkylation sites (tertiary alicyclic amines) is 1. The Bertz CT molecular complexity index is 1170. The molecule has 0 saturated carbocycles. The first kappa shape index (κ1) is 29.3. The zero-order valence-electron chi connectivity index (χ0n) is 21.7. The smallest absolute Gasteiger partial charge is 0.439 e. The maximum atomic E-state index is 13.4. The third-order valence-corrected chi connectivity index (χ3v) is 6.70. The number of esters is 1. The van der Waals surface area contributed by atoms with Gasteiger partial charge in [-0.25, -0.2) is 19.8 Å². The molecule has 1 fully saturated rings. The summed E-state index contributed by atoms with van der Waals surface area (Å²) in [5, 5.41) is 1.67. The molecule has 0 radical (unpaired) electrons. The van der Waals surface area contributed by atoms with Crippen LogP contribution in [0.4, 0.5) is 9.59 Å². The minimum absolute atomic E-state index is 0.000247. The maximum absolute atomic E-state index is 13.4. The summed E-state index contributed by atoms with van der Waals surface area (Å²) in [6.07, 6.45) is -1.88. The summed E-state index contributed by atoms with van der Waals surface area (Å²) in [6.45, 7) is 3.21. The Morgan fingerprint density at radius 1 is 0.974 bits per heavy atom. The van der Waals surface area contributed by atoms with E-state index in [-0.39, 0.29) is 19.6 Å². The van der Waals surface area contributed by atoms with Crippen molar-refractivity contribution >= 4 is 41.9 Å². The van der Waals surface area contributed by atoms with Crippen LogP contribution in [0.2, 0.25) is 0 Å². The lowest BCUT2D eigenvalue weighted by molar-refractivity contribution is -0.164. The molecule has 208 valence electrons. The Labute approximate surface area is 230 Å². The molecule has 1 aliphatic rings. The van der Waals surface area contributed by atoms with Gasteiger partial charge in [0, 0.05) is 11.9 Å². The molecule has 2 aromatic rings. The predicted molar refractivity (Wildman–Crippen MR) is 141 cm³/mol. The predicted octanol–water partition coefficient (Wildman–Crippen LogP) is 2.56. The van der Waals surface area contributed by atoms with Crippen molar-refractivity contribution in [2.45, 2.75) is 37.7 Å². The van der Waals surface area contributed by atoms with E-state index < -0.39 is 47.4 Å². The molecular formula is C26H30N4O8S. The fraction of sp³-hybridized carbons (Fsp3) is 0.346. The van der Waals surface area contributed by atoms with E-state index in [0.717, 1.165) is 9.98 Å². The van der Waals surface area contributed by atoms with Gasteiger partial charge in [-0.05, 0) is 25.0 Å². The van der Waals surface area contributed by atoms with Crippen LogP contribution in [0.3, 0.4) is 0 Å². The Hall–Kier alpha value is -4.26. The topological polar surface area (TPSA) is 144 Å². The van der Waals surface area contributed by atoms with E-state index in [4.69, 9.17) is 14.2 Å². The molecule has 0 bridgehead atoms. The number of hydrogen-bond donors (Lipinski definition) is 2. The number of hydrogen-bond acceptors (Lipinski definition) is 9. The molecule has 3 atom stereocenters. The lowest BCUT2D eigenvalue weighted by atomic mass is 9.97. The number of hydrazine groups is 1. The molecule has 0 aromatic heterocycles. The zero-order chi connectivity index (χ0) is 28.4. The van der Waals surface area contributed by atoms with Crippen LogP contribution in [0, 0.1) is 0 Å². The molecule has 4 amide bonds. The van der Waals surface area contributed by atoms with E-state index in [1.54, 1.807) is 68.4 Å². The summed E-state index contributed by atoms with van der Waals surface area (Å²) in [6, 6.07) is 15.1. The Morgan fingerprint density at radius 2 is 1.59 bits per heavy atom. The first-order valence-corrected chi connectivity index (χ1v) is 13.0. The van der Waals surface area contributed by atoms with Gasteiger partial charge in [0.1, 0.15) is 11.4 Å². The van der Waals surface area contributed by atoms with E-state index in [1.165, 1.54) is 12.0 Å². The SMILES string of the molecule is CCOC(=O)NN(SC1C(NC(=O)Cc2ccccc2)C(=O)N1C(C(=O)OC)c1ccccc1)C(=O)OCC. The summed E-state index contributed by atoms with van der Waals surface area (Å²) in [5.74, 6) is -1.75. The fourth-order valence-corrected chi connectivity index (χ4v) is 4.93. The van der Waals surface area contributed by atoms with Gasteiger partial charge < -0.3 is 24.4 Å². The number of amides is 4. The van der Waals surface area contributed by atoms with Crippen LogP contribution in [-0.4, -0.2) is 71.0 Å². The van der Waals surface area contributed by atoms with Crippen LogP contribution in [-0.2, 0) is 35.0 Å². The van der Waals surface area contributed by atoms with Gasteiger partial charge in [-0.15, -0.1) is 0 Å². The number of rotatable bonds is 10. The number of nitrogens with zero attached hydrogens (tertiary/aromatic N) is 2. The molecule has 2 N–H and O–H groups in total. The molecule has 1 saturated heterocycles. The van der Waals surface area contributed by atoms with Crippen molar-refractivity contribution in [2.24, 2.45) is 0 Å². The number of carbonyl (C=O) groups is 5. The first-order valence-electron chi connectivity index (χ1n) is 12.2. The summed E-state index contributed by atoms with van der Waals surface area (Å²) in [4.78, 5) is 65.2. The van der Waals surface area contributed by atoms with Gasteiger partial charge in [0.05, 0.1) is 26.7 Å². The third-order valence-electron chi connectivity index (χ3n) is 5.54. The van der Waals surface area contributed by atoms with Crippen LogP contribution >= 0.6 is 11.9 Å². The van der Waals surface area contributed by atoms with Gasteiger partial charge in [0.25, 0.3) is 0 Å². The molecule has 2 aromatic carbocycles.